The molecule has 0 aliphatic rings. The summed E-state index contributed by atoms with van der Waals surface area (Å²) in [6.45, 7) is -2.97. The van der Waals surface area contributed by atoms with Crippen LogP contribution < -0.4 is 10.1 Å². The Morgan fingerprint density at radius 1 is 1.31 bits per heavy atom. The normalized spacial score (nSPS) is 10.9. The fraction of sp³-hybridized carbons (Fsp3) is 0.188. The summed E-state index contributed by atoms with van der Waals surface area (Å²) in [5.41, 5.74) is 0.174. The number of hydrogen-bond acceptors (Lipinski definition) is 6. The lowest BCUT2D eigenvalue weighted by Crippen LogP contribution is -2.16. The molecule has 2 heterocycles. The third kappa shape index (κ3) is 4.20. The largest absolute Gasteiger partial charge is 0.461 e. The molecule has 2 aromatic heterocycles. The first-order valence-electron chi connectivity index (χ1n) is 7.44. The molecule has 0 aliphatic heterocycles. The molecule has 1 aromatic carbocycles. The third-order valence-corrected chi connectivity index (χ3v) is 4.31. The third-order valence-electron chi connectivity index (χ3n) is 3.29. The van der Waals surface area contributed by atoms with Crippen LogP contribution in [-0.2, 0) is 11.8 Å². The number of amides is 1. The minimum absolute atomic E-state index is 0.0210. The first-order chi connectivity index (χ1) is 12.5. The van der Waals surface area contributed by atoms with Crippen LogP contribution in [0.25, 0.3) is 11.6 Å². The maximum atomic E-state index is 12.4. The highest BCUT2D eigenvalue weighted by Gasteiger charge is 2.16. The van der Waals surface area contributed by atoms with Gasteiger partial charge < -0.3 is 19.0 Å². The number of benzene rings is 1. The van der Waals surface area contributed by atoms with Gasteiger partial charge in [-0.15, -0.1) is 10.2 Å². The fourth-order valence-corrected chi connectivity index (χ4v) is 2.86. The first kappa shape index (κ1) is 17.9. The standard InChI is InChI=1S/C16H14F2N4O3S/c1-22-14(12-7-4-8-24-12)20-21-16(22)26-9-13(23)19-10-5-2-3-6-11(10)25-15(17)18/h2-8,15H,9H2,1H3,(H,19,23). The number of thioether (sulfide) groups is 1. The molecule has 1 amide bonds. The van der Waals surface area contributed by atoms with E-state index >= 15 is 0 Å². The van der Waals surface area contributed by atoms with Gasteiger partial charge in [-0.2, -0.15) is 8.78 Å². The molecule has 0 unspecified atom stereocenters. The number of aromatic nitrogens is 3. The zero-order valence-corrected chi connectivity index (χ0v) is 14.4. The van der Waals surface area contributed by atoms with Crippen molar-refractivity contribution in [1.82, 2.24) is 14.8 Å². The van der Waals surface area contributed by atoms with Gasteiger partial charge in [-0.1, -0.05) is 23.9 Å². The summed E-state index contributed by atoms with van der Waals surface area (Å²) >= 11 is 1.16. The Kier molecular flexibility index (Phi) is 5.52. The number of para-hydroxylation sites is 2. The van der Waals surface area contributed by atoms with E-state index in [1.54, 1.807) is 29.8 Å². The second-order valence-electron chi connectivity index (χ2n) is 5.05. The molecule has 0 fully saturated rings. The average molecular weight is 380 g/mol. The predicted molar refractivity (Wildman–Crippen MR) is 91.1 cm³/mol. The van der Waals surface area contributed by atoms with Gasteiger partial charge >= 0.3 is 6.61 Å². The van der Waals surface area contributed by atoms with Gasteiger partial charge in [0.2, 0.25) is 5.91 Å². The Bertz CT molecular complexity index is 884. The van der Waals surface area contributed by atoms with Gasteiger partial charge in [-0.3, -0.25) is 4.79 Å². The SMILES string of the molecule is Cn1c(SCC(=O)Nc2ccccc2OC(F)F)nnc1-c1ccco1. The van der Waals surface area contributed by atoms with Gasteiger partial charge in [0, 0.05) is 7.05 Å². The van der Waals surface area contributed by atoms with Crippen molar-refractivity contribution in [3.8, 4) is 17.3 Å². The van der Waals surface area contributed by atoms with Gasteiger partial charge in [0.15, 0.2) is 16.7 Å². The van der Waals surface area contributed by atoms with Gasteiger partial charge in [0.1, 0.15) is 5.75 Å². The number of carbonyl (C=O) groups excluding carboxylic acids is 1. The molecule has 1 N–H and O–H groups in total. The maximum Gasteiger partial charge on any atom is 0.387 e. The quantitative estimate of drug-likeness (QED) is 0.633. The molecule has 0 spiro atoms. The number of nitrogens with zero attached hydrogens (tertiary/aromatic N) is 3. The smallest absolute Gasteiger partial charge is 0.387 e. The molecule has 3 aromatic rings. The number of alkyl halides is 2. The van der Waals surface area contributed by atoms with E-state index in [1.165, 1.54) is 24.5 Å². The number of hydrogen-bond donors (Lipinski definition) is 1. The van der Waals surface area contributed by atoms with Crippen LogP contribution in [0.5, 0.6) is 5.75 Å². The van der Waals surface area contributed by atoms with E-state index in [1.807, 2.05) is 0 Å². The summed E-state index contributed by atoms with van der Waals surface area (Å²) < 4.78 is 36.2. The van der Waals surface area contributed by atoms with Crippen molar-refractivity contribution < 1.29 is 22.7 Å². The Morgan fingerprint density at radius 3 is 2.85 bits per heavy atom. The van der Waals surface area contributed by atoms with Crippen LogP contribution in [0, 0.1) is 0 Å². The molecule has 0 aliphatic carbocycles. The van der Waals surface area contributed by atoms with E-state index in [0.29, 0.717) is 16.7 Å². The lowest BCUT2D eigenvalue weighted by Gasteiger charge is -2.11. The van der Waals surface area contributed by atoms with Gasteiger partial charge in [0.05, 0.1) is 17.7 Å². The number of nitrogens with one attached hydrogen (secondary N) is 1. The van der Waals surface area contributed by atoms with E-state index in [9.17, 15) is 13.6 Å². The van der Waals surface area contributed by atoms with Crippen molar-refractivity contribution in [2.24, 2.45) is 7.05 Å². The summed E-state index contributed by atoms with van der Waals surface area (Å²) in [5, 5.41) is 11.1. The van der Waals surface area contributed by atoms with E-state index in [4.69, 9.17) is 4.42 Å². The Balaban J connectivity index is 1.62. The summed E-state index contributed by atoms with van der Waals surface area (Å²) in [5.74, 6) is 0.637. The Labute approximate surface area is 151 Å². The zero-order chi connectivity index (χ0) is 18.5. The molecule has 0 saturated carbocycles. The maximum absolute atomic E-state index is 12.4. The van der Waals surface area contributed by atoms with E-state index in [2.05, 4.69) is 20.3 Å². The van der Waals surface area contributed by atoms with Crippen molar-refractivity contribution in [3.63, 3.8) is 0 Å². The molecular weight excluding hydrogens is 366 g/mol. The van der Waals surface area contributed by atoms with Crippen molar-refractivity contribution in [3.05, 3.63) is 42.7 Å². The monoisotopic (exact) mass is 380 g/mol. The van der Waals surface area contributed by atoms with Gasteiger partial charge in [0.25, 0.3) is 0 Å². The highest BCUT2D eigenvalue weighted by Crippen LogP contribution is 2.26. The van der Waals surface area contributed by atoms with Crippen LogP contribution in [0.2, 0.25) is 0 Å². The summed E-state index contributed by atoms with van der Waals surface area (Å²) in [7, 11) is 1.75. The second kappa shape index (κ2) is 8.00. The number of furan rings is 1. The van der Waals surface area contributed by atoms with E-state index in [0.717, 1.165) is 11.8 Å². The van der Waals surface area contributed by atoms with Gasteiger partial charge in [-0.25, -0.2) is 0 Å². The molecule has 26 heavy (non-hydrogen) atoms. The molecule has 136 valence electrons. The van der Waals surface area contributed by atoms with Crippen molar-refractivity contribution >= 4 is 23.4 Å². The molecule has 0 saturated heterocycles. The molecular formula is C16H14F2N4O3S. The van der Waals surface area contributed by atoms with Crippen LogP contribution in [-0.4, -0.2) is 33.0 Å². The second-order valence-corrected chi connectivity index (χ2v) is 6.00. The number of anilines is 1. The number of carbonyl (C=O) groups is 1. The van der Waals surface area contributed by atoms with Crippen molar-refractivity contribution in [1.29, 1.82) is 0 Å². The summed E-state index contributed by atoms with van der Waals surface area (Å²) in [4.78, 5) is 12.1. The van der Waals surface area contributed by atoms with Crippen LogP contribution in [0.3, 0.4) is 0 Å². The highest BCUT2D eigenvalue weighted by molar-refractivity contribution is 7.99. The Hall–Kier alpha value is -2.88. The predicted octanol–water partition coefficient (Wildman–Crippen LogP) is 3.41. The molecule has 0 atom stereocenters. The minimum Gasteiger partial charge on any atom is -0.461 e. The lowest BCUT2D eigenvalue weighted by molar-refractivity contribution is -0.113. The van der Waals surface area contributed by atoms with Gasteiger partial charge in [-0.05, 0) is 24.3 Å². The Morgan fingerprint density at radius 2 is 2.12 bits per heavy atom. The molecule has 3 rings (SSSR count). The van der Waals surface area contributed by atoms with E-state index in [-0.39, 0.29) is 23.1 Å². The minimum atomic E-state index is -2.97. The zero-order valence-electron chi connectivity index (χ0n) is 13.6. The topological polar surface area (TPSA) is 82.2 Å². The number of ether oxygens (including phenoxy) is 1. The first-order valence-corrected chi connectivity index (χ1v) is 8.43. The molecule has 10 heteroatoms. The molecule has 0 radical (unpaired) electrons. The lowest BCUT2D eigenvalue weighted by atomic mass is 10.3. The summed E-state index contributed by atoms with van der Waals surface area (Å²) in [6.07, 6.45) is 1.53. The molecule has 0 bridgehead atoms. The molecule has 7 nitrogen and oxygen atoms in total. The summed E-state index contributed by atoms with van der Waals surface area (Å²) in [6, 6.07) is 9.48. The van der Waals surface area contributed by atoms with Crippen LogP contribution in [0.1, 0.15) is 0 Å². The average Bonchev–Trinajstić information content (AvgIpc) is 3.24. The van der Waals surface area contributed by atoms with Crippen LogP contribution >= 0.6 is 11.8 Å². The number of halogens is 2. The number of rotatable bonds is 7. The van der Waals surface area contributed by atoms with Crippen molar-refractivity contribution in [2.45, 2.75) is 11.8 Å². The van der Waals surface area contributed by atoms with Crippen LogP contribution in [0.4, 0.5) is 14.5 Å². The van der Waals surface area contributed by atoms with Crippen LogP contribution in [0.15, 0.2) is 52.2 Å². The van der Waals surface area contributed by atoms with Crippen molar-refractivity contribution in [2.75, 3.05) is 11.1 Å². The highest BCUT2D eigenvalue weighted by atomic mass is 32.2. The fourth-order valence-electron chi connectivity index (χ4n) is 2.15. The van der Waals surface area contributed by atoms with E-state index < -0.39 is 6.61 Å².